The van der Waals surface area contributed by atoms with Gasteiger partial charge in [-0.3, -0.25) is 4.99 Å². The number of aliphatic imine (C=N–C) groups is 1. The molecule has 7 heteroatoms. The molecule has 0 amide bonds. The molecule has 1 aliphatic rings. The van der Waals surface area contributed by atoms with Crippen molar-refractivity contribution in [1.82, 2.24) is 5.32 Å². The van der Waals surface area contributed by atoms with E-state index in [2.05, 4.69) is 15.6 Å². The molecule has 0 bridgehead atoms. The molecule has 0 unspecified atom stereocenters. The summed E-state index contributed by atoms with van der Waals surface area (Å²) in [6.45, 7) is 2.58. The van der Waals surface area contributed by atoms with Crippen molar-refractivity contribution in [2.45, 2.75) is 0 Å². The standard InChI is InChI=1S/C13H20N4O3/c1-18-7-6-16-13(15-5-4-14)17-10-2-3-11-12(8-10)20-9-19-11/h2-3,8H,4-7,9,14H2,1H3,(H2,15,16,17). The van der Waals surface area contributed by atoms with Crippen LogP contribution >= 0.6 is 0 Å². The van der Waals surface area contributed by atoms with Crippen LogP contribution in [0.4, 0.5) is 5.69 Å². The van der Waals surface area contributed by atoms with Crippen molar-refractivity contribution in [2.75, 3.05) is 45.5 Å². The molecule has 0 aromatic heterocycles. The summed E-state index contributed by atoms with van der Waals surface area (Å²) >= 11 is 0. The van der Waals surface area contributed by atoms with Crippen LogP contribution in [0.2, 0.25) is 0 Å². The first-order valence-corrected chi connectivity index (χ1v) is 6.47. The minimum atomic E-state index is 0.263. The Labute approximate surface area is 118 Å². The van der Waals surface area contributed by atoms with Gasteiger partial charge in [0.2, 0.25) is 6.79 Å². The van der Waals surface area contributed by atoms with Crippen LogP contribution in [-0.4, -0.2) is 46.1 Å². The van der Waals surface area contributed by atoms with E-state index >= 15 is 0 Å². The maximum atomic E-state index is 5.47. The minimum absolute atomic E-state index is 0.263. The summed E-state index contributed by atoms with van der Waals surface area (Å²) in [5.74, 6) is 2.14. The Morgan fingerprint density at radius 3 is 3.05 bits per heavy atom. The highest BCUT2D eigenvalue weighted by Crippen LogP contribution is 2.34. The summed E-state index contributed by atoms with van der Waals surface area (Å²) in [7, 11) is 1.66. The number of nitrogens with one attached hydrogen (secondary N) is 2. The van der Waals surface area contributed by atoms with Crippen molar-refractivity contribution in [3.63, 3.8) is 0 Å². The number of guanidine groups is 1. The van der Waals surface area contributed by atoms with Crippen molar-refractivity contribution in [1.29, 1.82) is 0 Å². The topological polar surface area (TPSA) is 90.1 Å². The molecule has 1 aromatic carbocycles. The monoisotopic (exact) mass is 280 g/mol. The highest BCUT2D eigenvalue weighted by molar-refractivity contribution is 5.94. The number of benzene rings is 1. The van der Waals surface area contributed by atoms with Gasteiger partial charge in [-0.25, -0.2) is 0 Å². The molecule has 0 atom stereocenters. The average Bonchev–Trinajstić information content (AvgIpc) is 2.92. The van der Waals surface area contributed by atoms with Crippen LogP contribution in [0.1, 0.15) is 0 Å². The van der Waals surface area contributed by atoms with E-state index in [0.717, 1.165) is 17.2 Å². The van der Waals surface area contributed by atoms with Crippen LogP contribution < -0.4 is 25.8 Å². The van der Waals surface area contributed by atoms with Crippen LogP contribution in [0.25, 0.3) is 0 Å². The lowest BCUT2D eigenvalue weighted by atomic mass is 10.3. The SMILES string of the molecule is COCCNC(=NCCN)Nc1ccc2c(c1)OCO2. The first-order valence-electron chi connectivity index (χ1n) is 6.47. The molecule has 2 rings (SSSR count). The molecule has 4 N–H and O–H groups in total. The van der Waals surface area contributed by atoms with Gasteiger partial charge < -0.3 is 30.6 Å². The highest BCUT2D eigenvalue weighted by atomic mass is 16.7. The van der Waals surface area contributed by atoms with E-state index in [1.807, 2.05) is 18.2 Å². The Morgan fingerprint density at radius 2 is 2.25 bits per heavy atom. The van der Waals surface area contributed by atoms with Crippen LogP contribution in [0.3, 0.4) is 0 Å². The van der Waals surface area contributed by atoms with Crippen LogP contribution in [0.5, 0.6) is 11.5 Å². The number of hydrogen-bond donors (Lipinski definition) is 3. The maximum absolute atomic E-state index is 5.47. The molecule has 0 saturated heterocycles. The van der Waals surface area contributed by atoms with E-state index in [-0.39, 0.29) is 6.79 Å². The quantitative estimate of drug-likeness (QED) is 0.396. The van der Waals surface area contributed by atoms with E-state index < -0.39 is 0 Å². The van der Waals surface area contributed by atoms with Crippen molar-refractivity contribution in [3.8, 4) is 11.5 Å². The second kappa shape index (κ2) is 7.56. The summed E-state index contributed by atoms with van der Waals surface area (Å²) in [6, 6.07) is 5.64. The van der Waals surface area contributed by atoms with Gasteiger partial charge in [0, 0.05) is 32.0 Å². The molecule has 110 valence electrons. The molecule has 7 nitrogen and oxygen atoms in total. The number of rotatable bonds is 6. The molecule has 0 aliphatic carbocycles. The minimum Gasteiger partial charge on any atom is -0.454 e. The number of ether oxygens (including phenoxy) is 3. The highest BCUT2D eigenvalue weighted by Gasteiger charge is 2.13. The normalized spacial score (nSPS) is 13.4. The van der Waals surface area contributed by atoms with E-state index in [4.69, 9.17) is 19.9 Å². The van der Waals surface area contributed by atoms with Crippen LogP contribution in [-0.2, 0) is 4.74 Å². The zero-order chi connectivity index (χ0) is 14.2. The molecule has 0 radical (unpaired) electrons. The summed E-state index contributed by atoms with van der Waals surface area (Å²) in [4.78, 5) is 4.34. The summed E-state index contributed by atoms with van der Waals surface area (Å²) < 4.78 is 15.6. The van der Waals surface area contributed by atoms with Gasteiger partial charge in [-0.2, -0.15) is 0 Å². The van der Waals surface area contributed by atoms with Gasteiger partial charge in [0.05, 0.1) is 13.2 Å². The van der Waals surface area contributed by atoms with Crippen LogP contribution in [0, 0.1) is 0 Å². The third-order valence-corrected chi connectivity index (χ3v) is 2.63. The third-order valence-electron chi connectivity index (χ3n) is 2.63. The predicted octanol–water partition coefficient (Wildman–Crippen LogP) is 0.378. The van der Waals surface area contributed by atoms with Gasteiger partial charge in [-0.05, 0) is 12.1 Å². The number of nitrogens with two attached hydrogens (primary N) is 1. The number of methoxy groups -OCH3 is 1. The lowest BCUT2D eigenvalue weighted by Crippen LogP contribution is -2.33. The zero-order valence-corrected chi connectivity index (χ0v) is 11.5. The summed E-state index contributed by atoms with van der Waals surface area (Å²) in [5, 5.41) is 6.35. The van der Waals surface area contributed by atoms with Gasteiger partial charge in [-0.15, -0.1) is 0 Å². The van der Waals surface area contributed by atoms with Gasteiger partial charge in [0.15, 0.2) is 17.5 Å². The number of fused-ring (bicyclic) bond motifs is 1. The van der Waals surface area contributed by atoms with Gasteiger partial charge in [0.25, 0.3) is 0 Å². The van der Waals surface area contributed by atoms with Crippen LogP contribution in [0.15, 0.2) is 23.2 Å². The van der Waals surface area contributed by atoms with Gasteiger partial charge >= 0.3 is 0 Å². The fourth-order valence-corrected chi connectivity index (χ4v) is 1.70. The second-order valence-corrected chi connectivity index (χ2v) is 4.13. The van der Waals surface area contributed by atoms with E-state index in [0.29, 0.717) is 32.2 Å². The lowest BCUT2D eigenvalue weighted by Gasteiger charge is -2.12. The molecule has 1 aromatic rings. The molecule has 20 heavy (non-hydrogen) atoms. The Balaban J connectivity index is 1.99. The Morgan fingerprint density at radius 1 is 1.40 bits per heavy atom. The predicted molar refractivity (Wildman–Crippen MR) is 77.4 cm³/mol. The zero-order valence-electron chi connectivity index (χ0n) is 11.5. The molecule has 1 heterocycles. The Kier molecular flexibility index (Phi) is 5.45. The lowest BCUT2D eigenvalue weighted by molar-refractivity contribution is 0.174. The molecule has 0 saturated carbocycles. The number of anilines is 1. The first-order chi connectivity index (χ1) is 9.83. The second-order valence-electron chi connectivity index (χ2n) is 4.13. The van der Waals surface area contributed by atoms with Crippen molar-refractivity contribution in [2.24, 2.45) is 10.7 Å². The molecule has 0 spiro atoms. The maximum Gasteiger partial charge on any atom is 0.231 e. The molecular weight excluding hydrogens is 260 g/mol. The fraction of sp³-hybridized carbons (Fsp3) is 0.462. The largest absolute Gasteiger partial charge is 0.454 e. The van der Waals surface area contributed by atoms with E-state index in [1.165, 1.54) is 0 Å². The Hall–Kier alpha value is -1.99. The van der Waals surface area contributed by atoms with E-state index in [9.17, 15) is 0 Å². The third kappa shape index (κ3) is 4.01. The van der Waals surface area contributed by atoms with Crippen molar-refractivity contribution in [3.05, 3.63) is 18.2 Å². The number of nitrogens with zero attached hydrogens (tertiary/aromatic N) is 1. The van der Waals surface area contributed by atoms with Crippen molar-refractivity contribution < 1.29 is 14.2 Å². The molecule has 0 fully saturated rings. The van der Waals surface area contributed by atoms with Gasteiger partial charge in [0.1, 0.15) is 0 Å². The fourth-order valence-electron chi connectivity index (χ4n) is 1.70. The van der Waals surface area contributed by atoms with Gasteiger partial charge in [-0.1, -0.05) is 0 Å². The summed E-state index contributed by atoms with van der Waals surface area (Å²) in [6.07, 6.45) is 0. The summed E-state index contributed by atoms with van der Waals surface area (Å²) in [5.41, 5.74) is 6.35. The van der Waals surface area contributed by atoms with Crippen molar-refractivity contribution >= 4 is 11.6 Å². The average molecular weight is 280 g/mol. The number of hydrogen-bond acceptors (Lipinski definition) is 5. The molecular formula is C13H20N4O3. The van der Waals surface area contributed by atoms with E-state index in [1.54, 1.807) is 7.11 Å². The molecule has 1 aliphatic heterocycles. The Bertz CT molecular complexity index is 465. The smallest absolute Gasteiger partial charge is 0.231 e. The first kappa shape index (κ1) is 14.4.